The maximum atomic E-state index is 12.5. The Morgan fingerprint density at radius 1 is 1.30 bits per heavy atom. The monoisotopic (exact) mass is 330 g/mol. The van der Waals surface area contributed by atoms with Crippen molar-refractivity contribution in [3.05, 3.63) is 64.9 Å². The number of nitrogens with zero attached hydrogens (tertiary/aromatic N) is 1. The first kappa shape index (κ1) is 16.0. The van der Waals surface area contributed by atoms with Crippen molar-refractivity contribution in [2.75, 3.05) is 0 Å². The van der Waals surface area contributed by atoms with Crippen LogP contribution in [0.15, 0.2) is 48.8 Å². The fourth-order valence-electron chi connectivity index (χ4n) is 2.97. The lowest BCUT2D eigenvalue weighted by Crippen LogP contribution is -2.48. The van der Waals surface area contributed by atoms with Crippen LogP contribution in [-0.4, -0.2) is 28.1 Å². The average molecular weight is 331 g/mol. The van der Waals surface area contributed by atoms with Gasteiger partial charge < -0.3 is 10.4 Å². The summed E-state index contributed by atoms with van der Waals surface area (Å²) in [6, 6.07) is 11.7. The lowest BCUT2D eigenvalue weighted by atomic mass is 9.75. The smallest absolute Gasteiger partial charge is 0.253 e. The van der Waals surface area contributed by atoms with Crippen LogP contribution in [-0.2, 0) is 6.42 Å². The van der Waals surface area contributed by atoms with Crippen molar-refractivity contribution in [2.45, 2.75) is 31.4 Å². The Morgan fingerprint density at radius 3 is 2.70 bits per heavy atom. The maximum absolute atomic E-state index is 12.5. The van der Waals surface area contributed by atoms with Crippen LogP contribution in [0.2, 0.25) is 5.02 Å². The van der Waals surface area contributed by atoms with E-state index in [0.29, 0.717) is 10.6 Å². The molecule has 1 aromatic heterocycles. The zero-order valence-electron chi connectivity index (χ0n) is 12.7. The Kier molecular flexibility index (Phi) is 4.94. The Bertz CT molecular complexity index is 672. The van der Waals surface area contributed by atoms with Gasteiger partial charge in [-0.15, -0.1) is 0 Å². The zero-order valence-corrected chi connectivity index (χ0v) is 13.4. The molecule has 1 amide bonds. The van der Waals surface area contributed by atoms with E-state index >= 15 is 0 Å². The highest BCUT2D eigenvalue weighted by Gasteiger charge is 2.35. The molecule has 0 saturated heterocycles. The molecular weight excluding hydrogens is 312 g/mol. The summed E-state index contributed by atoms with van der Waals surface area (Å²) >= 11 is 6.05. The minimum Gasteiger partial charge on any atom is -0.393 e. The number of halogens is 1. The van der Waals surface area contributed by atoms with Crippen molar-refractivity contribution in [1.29, 1.82) is 0 Å². The number of amides is 1. The highest BCUT2D eigenvalue weighted by atomic mass is 35.5. The number of aliphatic hydroxyl groups excluding tert-OH is 1. The van der Waals surface area contributed by atoms with Crippen molar-refractivity contribution in [2.24, 2.45) is 5.92 Å². The molecule has 5 heteroatoms. The van der Waals surface area contributed by atoms with Crippen molar-refractivity contribution in [3.63, 3.8) is 0 Å². The number of hydrogen-bond donors (Lipinski definition) is 2. The molecule has 120 valence electrons. The van der Waals surface area contributed by atoms with E-state index < -0.39 is 0 Å². The maximum Gasteiger partial charge on any atom is 0.253 e. The van der Waals surface area contributed by atoms with Gasteiger partial charge in [0, 0.05) is 18.4 Å². The number of rotatable bonds is 5. The molecular formula is C18H19ClN2O2. The minimum absolute atomic E-state index is 0.0162. The van der Waals surface area contributed by atoms with Gasteiger partial charge in [0.15, 0.2) is 0 Å². The molecule has 0 unspecified atom stereocenters. The van der Waals surface area contributed by atoms with Crippen LogP contribution in [0.1, 0.15) is 28.8 Å². The molecule has 0 spiro atoms. The Hall–Kier alpha value is -1.91. The fourth-order valence-corrected chi connectivity index (χ4v) is 3.17. The second-order valence-electron chi connectivity index (χ2n) is 6.01. The Morgan fingerprint density at radius 2 is 2.04 bits per heavy atom. The third-order valence-electron chi connectivity index (χ3n) is 4.35. The first-order valence-electron chi connectivity index (χ1n) is 7.76. The summed E-state index contributed by atoms with van der Waals surface area (Å²) in [6.45, 7) is 0. The van der Waals surface area contributed by atoms with Crippen LogP contribution in [0.5, 0.6) is 0 Å². The molecule has 0 bridgehead atoms. The van der Waals surface area contributed by atoms with E-state index in [-0.39, 0.29) is 24.0 Å². The molecule has 1 aromatic carbocycles. The Labute approximate surface area is 140 Å². The molecule has 1 heterocycles. The standard InChI is InChI=1S/C18H19ClN2O2/c19-16-11-20-7-6-15(16)18(23)21-17(13-9-14(22)10-13)8-12-4-2-1-3-5-12/h1-7,11,13-14,17,22H,8-10H2,(H,21,23)/t13?,14?,17-/m0/s1. The predicted octanol–water partition coefficient (Wildman–Crippen LogP) is 2.85. The summed E-state index contributed by atoms with van der Waals surface area (Å²) in [4.78, 5) is 16.4. The largest absolute Gasteiger partial charge is 0.393 e. The number of hydrogen-bond acceptors (Lipinski definition) is 3. The van der Waals surface area contributed by atoms with E-state index in [9.17, 15) is 9.90 Å². The number of carbonyl (C=O) groups is 1. The van der Waals surface area contributed by atoms with Gasteiger partial charge >= 0.3 is 0 Å². The molecule has 2 aromatic rings. The van der Waals surface area contributed by atoms with Gasteiger partial charge in [-0.2, -0.15) is 0 Å². The molecule has 1 fully saturated rings. The van der Waals surface area contributed by atoms with Gasteiger partial charge in [-0.05, 0) is 36.8 Å². The van der Waals surface area contributed by atoms with Gasteiger partial charge in [0.25, 0.3) is 5.91 Å². The quantitative estimate of drug-likeness (QED) is 0.886. The van der Waals surface area contributed by atoms with Crippen LogP contribution in [0, 0.1) is 5.92 Å². The Balaban J connectivity index is 1.73. The van der Waals surface area contributed by atoms with Gasteiger partial charge in [-0.3, -0.25) is 9.78 Å². The summed E-state index contributed by atoms with van der Waals surface area (Å²) in [6.07, 6.45) is 4.96. The van der Waals surface area contributed by atoms with Crippen molar-refractivity contribution >= 4 is 17.5 Å². The molecule has 1 saturated carbocycles. The van der Waals surface area contributed by atoms with Gasteiger partial charge in [0.1, 0.15) is 0 Å². The number of nitrogens with one attached hydrogen (secondary N) is 1. The van der Waals surface area contributed by atoms with Gasteiger partial charge in [0.2, 0.25) is 0 Å². The van der Waals surface area contributed by atoms with E-state index in [1.165, 1.54) is 11.8 Å². The predicted molar refractivity (Wildman–Crippen MR) is 89.4 cm³/mol. The lowest BCUT2D eigenvalue weighted by molar-refractivity contribution is 0.0239. The summed E-state index contributed by atoms with van der Waals surface area (Å²) in [5.41, 5.74) is 1.60. The van der Waals surface area contributed by atoms with Gasteiger partial charge in [0.05, 0.1) is 16.7 Å². The average Bonchev–Trinajstić information content (AvgIpc) is 2.52. The second kappa shape index (κ2) is 7.11. The van der Waals surface area contributed by atoms with E-state index in [0.717, 1.165) is 19.3 Å². The molecule has 4 nitrogen and oxygen atoms in total. The van der Waals surface area contributed by atoms with Crippen LogP contribution in [0.3, 0.4) is 0 Å². The third-order valence-corrected chi connectivity index (χ3v) is 4.65. The molecule has 1 aliphatic rings. The van der Waals surface area contributed by atoms with Gasteiger partial charge in [-0.1, -0.05) is 41.9 Å². The summed E-state index contributed by atoms with van der Waals surface area (Å²) < 4.78 is 0. The van der Waals surface area contributed by atoms with E-state index in [4.69, 9.17) is 11.6 Å². The van der Waals surface area contributed by atoms with E-state index in [2.05, 4.69) is 10.3 Å². The van der Waals surface area contributed by atoms with E-state index in [1.807, 2.05) is 30.3 Å². The summed E-state index contributed by atoms with van der Waals surface area (Å²) in [7, 11) is 0. The van der Waals surface area contributed by atoms with E-state index in [1.54, 1.807) is 12.3 Å². The minimum atomic E-state index is -0.250. The zero-order chi connectivity index (χ0) is 16.2. The molecule has 0 radical (unpaired) electrons. The molecule has 23 heavy (non-hydrogen) atoms. The molecule has 1 aliphatic carbocycles. The molecule has 2 N–H and O–H groups in total. The first-order valence-corrected chi connectivity index (χ1v) is 8.13. The highest BCUT2D eigenvalue weighted by Crippen LogP contribution is 2.32. The van der Waals surface area contributed by atoms with Crippen molar-refractivity contribution in [1.82, 2.24) is 10.3 Å². The number of aliphatic hydroxyl groups is 1. The first-order chi connectivity index (χ1) is 11.1. The number of carbonyl (C=O) groups excluding carboxylic acids is 1. The third kappa shape index (κ3) is 3.89. The molecule has 1 atom stereocenters. The number of benzene rings is 1. The number of aromatic nitrogens is 1. The van der Waals surface area contributed by atoms with Crippen molar-refractivity contribution < 1.29 is 9.90 Å². The van der Waals surface area contributed by atoms with Crippen LogP contribution in [0.25, 0.3) is 0 Å². The summed E-state index contributed by atoms with van der Waals surface area (Å²) in [5, 5.41) is 13.0. The van der Waals surface area contributed by atoms with Crippen LogP contribution in [0.4, 0.5) is 0 Å². The topological polar surface area (TPSA) is 62.2 Å². The fraction of sp³-hybridized carbons (Fsp3) is 0.333. The van der Waals surface area contributed by atoms with Crippen molar-refractivity contribution in [3.8, 4) is 0 Å². The van der Waals surface area contributed by atoms with Crippen LogP contribution < -0.4 is 5.32 Å². The molecule has 3 rings (SSSR count). The number of pyridine rings is 1. The lowest BCUT2D eigenvalue weighted by Gasteiger charge is -2.38. The highest BCUT2D eigenvalue weighted by molar-refractivity contribution is 6.33. The normalized spacial score (nSPS) is 21.3. The molecule has 0 aliphatic heterocycles. The summed E-state index contributed by atoms with van der Waals surface area (Å²) in [5.74, 6) is 0.0921. The second-order valence-corrected chi connectivity index (χ2v) is 6.42. The SMILES string of the molecule is O=C(N[C@@H](Cc1ccccc1)C1CC(O)C1)c1ccncc1Cl. The van der Waals surface area contributed by atoms with Gasteiger partial charge in [-0.25, -0.2) is 0 Å². The van der Waals surface area contributed by atoms with Crippen LogP contribution >= 0.6 is 11.6 Å².